The van der Waals surface area contributed by atoms with Crippen molar-refractivity contribution in [3.05, 3.63) is 47.8 Å². The molecule has 4 atom stereocenters. The summed E-state index contributed by atoms with van der Waals surface area (Å²) in [5.74, 6) is 0.994. The van der Waals surface area contributed by atoms with E-state index < -0.39 is 0 Å². The number of ether oxygens (including phenoxy) is 1. The van der Waals surface area contributed by atoms with E-state index >= 15 is 0 Å². The van der Waals surface area contributed by atoms with Gasteiger partial charge in [-0.1, -0.05) is 18.2 Å². The van der Waals surface area contributed by atoms with Crippen LogP contribution < -0.4 is 10.1 Å². The van der Waals surface area contributed by atoms with Crippen molar-refractivity contribution in [1.29, 1.82) is 0 Å². The molecule has 1 aliphatic carbocycles. The minimum absolute atomic E-state index is 0.0193. The van der Waals surface area contributed by atoms with Gasteiger partial charge in [0.05, 0.1) is 18.3 Å². The maximum atomic E-state index is 10.1. The summed E-state index contributed by atoms with van der Waals surface area (Å²) in [4.78, 5) is 0. The monoisotopic (exact) mass is 299 g/mol. The van der Waals surface area contributed by atoms with Gasteiger partial charge >= 0.3 is 0 Å². The number of benzene rings is 1. The molecule has 1 saturated carbocycles. The van der Waals surface area contributed by atoms with Crippen molar-refractivity contribution >= 4 is 0 Å². The topological polar surface area (TPSA) is 59.3 Å². The number of aryl methyl sites for hydroxylation is 1. The van der Waals surface area contributed by atoms with Crippen LogP contribution >= 0.6 is 0 Å². The lowest BCUT2D eigenvalue weighted by Crippen LogP contribution is -2.58. The molecule has 2 aromatic rings. The predicted octanol–water partition coefficient (Wildman–Crippen LogP) is 1.46. The second kappa shape index (κ2) is 5.41. The Kier molecular flexibility index (Phi) is 3.39. The molecule has 1 unspecified atom stereocenters. The summed E-state index contributed by atoms with van der Waals surface area (Å²) in [6.07, 6.45) is 5.24. The summed E-state index contributed by atoms with van der Waals surface area (Å²) in [5, 5.41) is 18.1. The fraction of sp³-hybridized carbons (Fsp3) is 0.471. The van der Waals surface area contributed by atoms with E-state index in [1.165, 1.54) is 5.56 Å². The summed E-state index contributed by atoms with van der Waals surface area (Å²) < 4.78 is 7.72. The van der Waals surface area contributed by atoms with Gasteiger partial charge < -0.3 is 15.2 Å². The van der Waals surface area contributed by atoms with Gasteiger partial charge in [0.2, 0.25) is 0 Å². The highest BCUT2D eigenvalue weighted by Crippen LogP contribution is 2.34. The van der Waals surface area contributed by atoms with Crippen molar-refractivity contribution < 1.29 is 9.84 Å². The largest absolute Gasteiger partial charge is 0.492 e. The molecular weight excluding hydrogens is 278 g/mol. The average Bonchev–Trinajstić information content (AvgIpc) is 2.92. The van der Waals surface area contributed by atoms with Crippen LogP contribution in [0.2, 0.25) is 0 Å². The lowest BCUT2D eigenvalue weighted by molar-refractivity contribution is -0.0143. The molecule has 0 bridgehead atoms. The summed E-state index contributed by atoms with van der Waals surface area (Å²) in [6, 6.07) is 8.74. The SMILES string of the molecule is Cc1cnn([C@H]2[C@H](O)C[C@@H]2NC2COc3ccccc3C2)c1. The van der Waals surface area contributed by atoms with E-state index in [4.69, 9.17) is 4.74 Å². The Labute approximate surface area is 129 Å². The van der Waals surface area contributed by atoms with Crippen LogP contribution in [0.4, 0.5) is 0 Å². The van der Waals surface area contributed by atoms with Gasteiger partial charge in [0.15, 0.2) is 0 Å². The minimum Gasteiger partial charge on any atom is -0.492 e. The van der Waals surface area contributed by atoms with Crippen LogP contribution in [0.15, 0.2) is 36.7 Å². The number of hydrogen-bond donors (Lipinski definition) is 2. The van der Waals surface area contributed by atoms with Gasteiger partial charge in [0.25, 0.3) is 0 Å². The smallest absolute Gasteiger partial charge is 0.122 e. The normalized spacial score (nSPS) is 30.3. The zero-order valence-corrected chi connectivity index (χ0v) is 12.6. The fourth-order valence-corrected chi connectivity index (χ4v) is 3.47. The number of nitrogens with one attached hydrogen (secondary N) is 1. The molecular formula is C17H21N3O2. The Bertz CT molecular complexity index is 669. The van der Waals surface area contributed by atoms with E-state index in [-0.39, 0.29) is 24.2 Å². The molecule has 5 nitrogen and oxygen atoms in total. The molecule has 4 rings (SSSR count). The van der Waals surface area contributed by atoms with E-state index in [9.17, 15) is 5.11 Å². The number of fused-ring (bicyclic) bond motifs is 1. The van der Waals surface area contributed by atoms with E-state index in [0.29, 0.717) is 6.61 Å². The second-order valence-corrected chi connectivity index (χ2v) is 6.38. The Morgan fingerprint density at radius 3 is 3.00 bits per heavy atom. The lowest BCUT2D eigenvalue weighted by Gasteiger charge is -2.44. The number of aliphatic hydroxyl groups is 1. The third-order valence-corrected chi connectivity index (χ3v) is 4.67. The van der Waals surface area contributed by atoms with Crippen molar-refractivity contribution in [2.75, 3.05) is 6.61 Å². The number of hydrogen-bond acceptors (Lipinski definition) is 4. The number of aliphatic hydroxyl groups excluding tert-OH is 1. The number of nitrogens with zero attached hydrogens (tertiary/aromatic N) is 2. The lowest BCUT2D eigenvalue weighted by atomic mass is 9.82. The minimum atomic E-state index is -0.325. The highest BCUT2D eigenvalue weighted by atomic mass is 16.5. The maximum absolute atomic E-state index is 10.1. The molecule has 0 saturated heterocycles. The van der Waals surface area contributed by atoms with E-state index in [1.807, 2.05) is 42.2 Å². The van der Waals surface area contributed by atoms with Crippen molar-refractivity contribution in [3.63, 3.8) is 0 Å². The van der Waals surface area contributed by atoms with Gasteiger partial charge in [0, 0.05) is 18.3 Å². The first-order chi connectivity index (χ1) is 10.7. The van der Waals surface area contributed by atoms with Crippen molar-refractivity contribution in [3.8, 4) is 5.75 Å². The Morgan fingerprint density at radius 1 is 1.36 bits per heavy atom. The first kappa shape index (κ1) is 13.8. The van der Waals surface area contributed by atoms with E-state index in [0.717, 1.165) is 24.2 Å². The summed E-state index contributed by atoms with van der Waals surface area (Å²) in [6.45, 7) is 2.69. The number of para-hydroxylation sites is 1. The van der Waals surface area contributed by atoms with Crippen LogP contribution in [0.1, 0.15) is 23.6 Å². The molecule has 22 heavy (non-hydrogen) atoms. The van der Waals surface area contributed by atoms with Crippen LogP contribution in [0.25, 0.3) is 0 Å². The van der Waals surface area contributed by atoms with Gasteiger partial charge in [-0.3, -0.25) is 4.68 Å². The molecule has 1 aliphatic heterocycles. The second-order valence-electron chi connectivity index (χ2n) is 6.38. The zero-order chi connectivity index (χ0) is 15.1. The Morgan fingerprint density at radius 2 is 2.23 bits per heavy atom. The number of aromatic nitrogens is 2. The third kappa shape index (κ3) is 2.40. The molecule has 0 spiro atoms. The molecule has 5 heteroatoms. The van der Waals surface area contributed by atoms with Crippen LogP contribution in [0.3, 0.4) is 0 Å². The predicted molar refractivity (Wildman–Crippen MR) is 83.0 cm³/mol. The summed E-state index contributed by atoms with van der Waals surface area (Å²) in [5.41, 5.74) is 2.37. The van der Waals surface area contributed by atoms with Crippen molar-refractivity contribution in [1.82, 2.24) is 15.1 Å². The molecule has 0 amide bonds. The molecule has 2 N–H and O–H groups in total. The van der Waals surface area contributed by atoms with Crippen LogP contribution in [0.5, 0.6) is 5.75 Å². The number of rotatable bonds is 3. The quantitative estimate of drug-likeness (QED) is 0.901. The van der Waals surface area contributed by atoms with E-state index in [1.54, 1.807) is 0 Å². The van der Waals surface area contributed by atoms with Crippen LogP contribution in [-0.4, -0.2) is 39.7 Å². The van der Waals surface area contributed by atoms with E-state index in [2.05, 4.69) is 16.5 Å². The van der Waals surface area contributed by atoms with Gasteiger partial charge in [-0.2, -0.15) is 5.10 Å². The van der Waals surface area contributed by atoms with Crippen LogP contribution in [-0.2, 0) is 6.42 Å². The summed E-state index contributed by atoms with van der Waals surface area (Å²) in [7, 11) is 0. The zero-order valence-electron chi connectivity index (χ0n) is 12.6. The molecule has 1 fully saturated rings. The van der Waals surface area contributed by atoms with Gasteiger partial charge in [0.1, 0.15) is 12.4 Å². The standard InChI is InChI=1S/C17H21N3O2/c1-11-8-18-20(9-11)17-14(7-15(17)21)19-13-6-12-4-2-3-5-16(12)22-10-13/h2-5,8-9,13-15,17,19,21H,6-7,10H2,1H3/t13?,14-,15+,17+/m0/s1. The molecule has 0 radical (unpaired) electrons. The molecule has 1 aromatic carbocycles. The fourth-order valence-electron chi connectivity index (χ4n) is 3.47. The van der Waals surface area contributed by atoms with Gasteiger partial charge in [-0.05, 0) is 37.0 Å². The average molecular weight is 299 g/mol. The van der Waals surface area contributed by atoms with Crippen molar-refractivity contribution in [2.24, 2.45) is 0 Å². The van der Waals surface area contributed by atoms with Gasteiger partial charge in [-0.15, -0.1) is 0 Å². The summed E-state index contributed by atoms with van der Waals surface area (Å²) >= 11 is 0. The van der Waals surface area contributed by atoms with Crippen molar-refractivity contribution in [2.45, 2.75) is 44.0 Å². The van der Waals surface area contributed by atoms with Gasteiger partial charge in [-0.25, -0.2) is 0 Å². The first-order valence-corrected chi connectivity index (χ1v) is 7.86. The molecule has 2 aliphatic rings. The maximum Gasteiger partial charge on any atom is 0.122 e. The highest BCUT2D eigenvalue weighted by Gasteiger charge is 2.43. The molecule has 2 heterocycles. The first-order valence-electron chi connectivity index (χ1n) is 7.86. The molecule has 116 valence electrons. The highest BCUT2D eigenvalue weighted by molar-refractivity contribution is 5.35. The third-order valence-electron chi connectivity index (χ3n) is 4.67. The van der Waals surface area contributed by atoms with Crippen LogP contribution in [0, 0.1) is 6.92 Å². The Balaban J connectivity index is 1.44. The molecule has 1 aromatic heterocycles. The Hall–Kier alpha value is -1.85.